The average Bonchev–Trinajstić information content (AvgIpc) is 3.49. The first-order chi connectivity index (χ1) is 28.0. The molecule has 3 fully saturated rings. The highest BCUT2D eigenvalue weighted by Gasteiger charge is 2.29. The van der Waals surface area contributed by atoms with E-state index in [2.05, 4.69) is 56.1 Å². The van der Waals surface area contributed by atoms with Gasteiger partial charge in [0.2, 0.25) is 11.8 Å². The second kappa shape index (κ2) is 16.3. The Bertz CT molecular complexity index is 2220. The topological polar surface area (TPSA) is 121 Å². The van der Waals surface area contributed by atoms with Gasteiger partial charge >= 0.3 is 0 Å². The van der Waals surface area contributed by atoms with Crippen LogP contribution in [0.1, 0.15) is 65.9 Å². The van der Waals surface area contributed by atoms with Gasteiger partial charge in [-0.25, -0.2) is 4.68 Å². The van der Waals surface area contributed by atoms with Crippen molar-refractivity contribution in [2.45, 2.75) is 63.5 Å². The maximum atomic E-state index is 12.6. The number of aldehydes is 1. The predicted octanol–water partition coefficient (Wildman–Crippen LogP) is 7.77. The van der Waals surface area contributed by atoms with Crippen LogP contribution in [0.3, 0.4) is 0 Å². The number of imide groups is 1. The molecule has 0 saturated carbocycles. The maximum absolute atomic E-state index is 12.6. The van der Waals surface area contributed by atoms with E-state index in [4.69, 9.17) is 9.84 Å². The SMILES string of the molecule is O=Cc1c(-c2ccc(Oc3ccccc3)cc2)nn2c1Nc1cc(C3CCN(CC4CCN(c5ccc(NC6CCC(=O)NC6=O)cc5)CC4)CC3)ccc1CC2. The summed E-state index contributed by atoms with van der Waals surface area (Å²) in [6.07, 6.45) is 7.29. The molecule has 4 aliphatic rings. The zero-order valence-electron chi connectivity index (χ0n) is 32.2. The van der Waals surface area contributed by atoms with Gasteiger partial charge in [0.05, 0.1) is 5.56 Å². The number of aromatic nitrogens is 2. The highest BCUT2D eigenvalue weighted by atomic mass is 16.5. The van der Waals surface area contributed by atoms with E-state index >= 15 is 0 Å². The number of benzene rings is 4. The maximum Gasteiger partial charge on any atom is 0.249 e. The van der Waals surface area contributed by atoms with Crippen molar-refractivity contribution >= 4 is 41.0 Å². The fourth-order valence-corrected chi connectivity index (χ4v) is 8.92. The molecular weight excluding hydrogens is 715 g/mol. The van der Waals surface area contributed by atoms with Gasteiger partial charge < -0.3 is 25.2 Å². The van der Waals surface area contributed by atoms with Crippen LogP contribution in [-0.4, -0.2) is 71.5 Å². The number of nitrogens with zero attached hydrogens (tertiary/aromatic N) is 4. The van der Waals surface area contributed by atoms with Crippen molar-refractivity contribution in [2.24, 2.45) is 5.92 Å². The quantitative estimate of drug-likeness (QED) is 0.0968. The predicted molar refractivity (Wildman–Crippen MR) is 223 cm³/mol. The summed E-state index contributed by atoms with van der Waals surface area (Å²) in [6.45, 7) is 6.16. The molecule has 3 saturated heterocycles. The molecule has 11 nitrogen and oxygen atoms in total. The summed E-state index contributed by atoms with van der Waals surface area (Å²) in [5.74, 6) is 3.02. The molecule has 57 heavy (non-hydrogen) atoms. The van der Waals surface area contributed by atoms with Crippen LogP contribution in [0.2, 0.25) is 0 Å². The van der Waals surface area contributed by atoms with Gasteiger partial charge in [-0.15, -0.1) is 0 Å². The number of carbonyl (C=O) groups is 3. The lowest BCUT2D eigenvalue weighted by atomic mass is 9.87. The van der Waals surface area contributed by atoms with Crippen LogP contribution in [0.4, 0.5) is 22.9 Å². The van der Waals surface area contributed by atoms with Crippen molar-refractivity contribution in [2.75, 3.05) is 48.3 Å². The van der Waals surface area contributed by atoms with Gasteiger partial charge in [0, 0.05) is 55.2 Å². The van der Waals surface area contributed by atoms with Crippen molar-refractivity contribution in [3.63, 3.8) is 0 Å². The van der Waals surface area contributed by atoms with Crippen molar-refractivity contribution in [1.29, 1.82) is 0 Å². The van der Waals surface area contributed by atoms with Crippen LogP contribution in [-0.2, 0) is 22.6 Å². The van der Waals surface area contributed by atoms with Crippen LogP contribution in [0.5, 0.6) is 11.5 Å². The molecule has 11 heteroatoms. The number of hydrogen-bond acceptors (Lipinski definition) is 9. The molecule has 5 heterocycles. The molecule has 5 aromatic rings. The number of piperidine rings is 3. The lowest BCUT2D eigenvalue weighted by Gasteiger charge is -2.38. The number of rotatable bonds is 10. The fourth-order valence-electron chi connectivity index (χ4n) is 8.92. The number of likely N-dealkylation sites (tertiary alicyclic amines) is 1. The van der Waals surface area contributed by atoms with E-state index in [-0.39, 0.29) is 17.9 Å². The summed E-state index contributed by atoms with van der Waals surface area (Å²) in [6, 6.07) is 32.3. The lowest BCUT2D eigenvalue weighted by molar-refractivity contribution is -0.133. The largest absolute Gasteiger partial charge is 0.457 e. The van der Waals surface area contributed by atoms with E-state index in [1.165, 1.54) is 29.7 Å². The molecule has 0 bridgehead atoms. The molecule has 292 valence electrons. The number of fused-ring (bicyclic) bond motifs is 2. The molecule has 0 radical (unpaired) electrons. The Morgan fingerprint density at radius 3 is 2.26 bits per heavy atom. The van der Waals surface area contributed by atoms with Gasteiger partial charge in [-0.1, -0.05) is 30.3 Å². The van der Waals surface area contributed by atoms with Gasteiger partial charge in [0.25, 0.3) is 0 Å². The number of carbonyl (C=O) groups excluding carboxylic acids is 3. The normalized spacial score (nSPS) is 19.2. The number of amides is 2. The first-order valence-corrected chi connectivity index (χ1v) is 20.4. The summed E-state index contributed by atoms with van der Waals surface area (Å²) < 4.78 is 7.92. The summed E-state index contributed by atoms with van der Waals surface area (Å²) in [4.78, 5) is 41.3. The summed E-state index contributed by atoms with van der Waals surface area (Å²) >= 11 is 0. The average molecular weight is 764 g/mol. The zero-order chi connectivity index (χ0) is 38.7. The van der Waals surface area contributed by atoms with E-state index in [1.54, 1.807) is 0 Å². The monoisotopic (exact) mass is 763 g/mol. The minimum atomic E-state index is -0.370. The number of aryl methyl sites for hydroxylation is 2. The van der Waals surface area contributed by atoms with Crippen LogP contribution < -0.4 is 25.6 Å². The Labute approximate surface area is 333 Å². The van der Waals surface area contributed by atoms with E-state index in [0.29, 0.717) is 42.5 Å². The van der Waals surface area contributed by atoms with Crippen LogP contribution in [0, 0.1) is 5.92 Å². The minimum absolute atomic E-state index is 0.198. The third-order valence-electron chi connectivity index (χ3n) is 12.2. The molecule has 2 amide bonds. The Morgan fingerprint density at radius 1 is 0.772 bits per heavy atom. The Hall–Kier alpha value is -5.94. The lowest BCUT2D eigenvalue weighted by Crippen LogP contribution is -2.47. The molecule has 9 rings (SSSR count). The Kier molecular flexibility index (Phi) is 10.5. The first kappa shape index (κ1) is 36.7. The summed E-state index contributed by atoms with van der Waals surface area (Å²) in [5.41, 5.74) is 7.91. The van der Waals surface area contributed by atoms with Crippen LogP contribution >= 0.6 is 0 Å². The molecule has 0 aliphatic carbocycles. The van der Waals surface area contributed by atoms with Crippen molar-refractivity contribution < 1.29 is 19.1 Å². The second-order valence-corrected chi connectivity index (χ2v) is 15.9. The molecule has 1 aromatic heterocycles. The standard InChI is InChI=1S/C46H49N7O4/c54-30-40-44(34-8-14-39(15-9-34)57-38-4-2-1-3-5-38)50-53-27-22-33-6-7-35(28-42(33)48-45(40)53)32-20-23-51(24-21-32)29-31-18-25-52(26-19-31)37-12-10-36(11-13-37)47-41-16-17-43(55)49-46(41)56/h1-15,28,30-32,41,47-48H,16-27,29H2,(H,49,55,56). The Morgan fingerprint density at radius 2 is 1.53 bits per heavy atom. The van der Waals surface area contributed by atoms with E-state index in [0.717, 1.165) is 92.5 Å². The molecule has 0 spiro atoms. The van der Waals surface area contributed by atoms with Gasteiger partial charge in [0.1, 0.15) is 29.1 Å². The van der Waals surface area contributed by atoms with E-state index in [1.807, 2.05) is 71.4 Å². The smallest absolute Gasteiger partial charge is 0.249 e. The van der Waals surface area contributed by atoms with Crippen molar-refractivity contribution in [3.8, 4) is 22.8 Å². The van der Waals surface area contributed by atoms with Gasteiger partial charge in [-0.05, 0) is 141 Å². The van der Waals surface area contributed by atoms with Crippen molar-refractivity contribution in [3.05, 3.63) is 114 Å². The van der Waals surface area contributed by atoms with Crippen molar-refractivity contribution in [1.82, 2.24) is 20.0 Å². The summed E-state index contributed by atoms with van der Waals surface area (Å²) in [5, 5.41) is 14.2. The minimum Gasteiger partial charge on any atom is -0.457 e. The number of anilines is 4. The number of para-hydroxylation sites is 1. The summed E-state index contributed by atoms with van der Waals surface area (Å²) in [7, 11) is 0. The van der Waals surface area contributed by atoms with E-state index in [9.17, 15) is 14.4 Å². The van der Waals surface area contributed by atoms with Crippen LogP contribution in [0.25, 0.3) is 11.3 Å². The first-order valence-electron chi connectivity index (χ1n) is 20.4. The number of hydrogen-bond donors (Lipinski definition) is 3. The molecule has 1 unspecified atom stereocenters. The van der Waals surface area contributed by atoms with Gasteiger partial charge in [-0.2, -0.15) is 5.10 Å². The molecular formula is C46H49N7O4. The third kappa shape index (κ3) is 8.16. The van der Waals surface area contributed by atoms with E-state index < -0.39 is 0 Å². The number of ether oxygens (including phenoxy) is 1. The van der Waals surface area contributed by atoms with Crippen LogP contribution in [0.15, 0.2) is 97.1 Å². The van der Waals surface area contributed by atoms with Gasteiger partial charge in [0.15, 0.2) is 6.29 Å². The van der Waals surface area contributed by atoms with Gasteiger partial charge in [-0.3, -0.25) is 19.7 Å². The molecule has 4 aliphatic heterocycles. The highest BCUT2D eigenvalue weighted by Crippen LogP contribution is 2.38. The zero-order valence-corrected chi connectivity index (χ0v) is 32.2. The Balaban J connectivity index is 0.773. The fraction of sp³-hybridized carbons (Fsp3) is 0.348. The molecule has 1 atom stereocenters. The number of nitrogens with one attached hydrogen (secondary N) is 3. The third-order valence-corrected chi connectivity index (χ3v) is 12.2. The molecule has 4 aromatic carbocycles. The molecule has 3 N–H and O–H groups in total. The highest BCUT2D eigenvalue weighted by molar-refractivity contribution is 6.01. The second-order valence-electron chi connectivity index (χ2n) is 15.9.